The molecule has 1 saturated heterocycles. The van der Waals surface area contributed by atoms with E-state index in [1.807, 2.05) is 6.07 Å². The van der Waals surface area contributed by atoms with E-state index in [2.05, 4.69) is 47.2 Å². The van der Waals surface area contributed by atoms with Gasteiger partial charge < -0.3 is 15.2 Å². The Balaban J connectivity index is 1.61. The highest BCUT2D eigenvalue weighted by Crippen LogP contribution is 2.17. The lowest BCUT2D eigenvalue weighted by molar-refractivity contribution is 0.0907. The largest absolute Gasteiger partial charge is 0.351 e. The van der Waals surface area contributed by atoms with E-state index < -0.39 is 0 Å². The highest BCUT2D eigenvalue weighted by Gasteiger charge is 2.21. The normalized spacial score (nSPS) is 17.0. The van der Waals surface area contributed by atoms with Crippen LogP contribution in [0.15, 0.2) is 24.3 Å². The van der Waals surface area contributed by atoms with Crippen molar-refractivity contribution < 1.29 is 4.79 Å². The van der Waals surface area contributed by atoms with Crippen molar-refractivity contribution in [3.8, 4) is 0 Å². The number of benzene rings is 1. The number of aryl methyl sites for hydroxylation is 1. The molecule has 0 unspecified atom stereocenters. The Labute approximate surface area is 131 Å². The number of amides is 1. The molecule has 1 fully saturated rings. The first kappa shape index (κ1) is 15.1. The Morgan fingerprint density at radius 1 is 1.32 bits per heavy atom. The van der Waals surface area contributed by atoms with Crippen LogP contribution in [-0.4, -0.2) is 41.5 Å². The van der Waals surface area contributed by atoms with Gasteiger partial charge in [0.15, 0.2) is 0 Å². The summed E-state index contributed by atoms with van der Waals surface area (Å²) in [5.41, 5.74) is 2.89. The van der Waals surface area contributed by atoms with E-state index in [1.54, 1.807) is 0 Å². The minimum absolute atomic E-state index is 0.0165. The molecule has 118 valence electrons. The van der Waals surface area contributed by atoms with Gasteiger partial charge in [-0.1, -0.05) is 19.1 Å². The zero-order valence-corrected chi connectivity index (χ0v) is 13.5. The van der Waals surface area contributed by atoms with Crippen molar-refractivity contribution in [1.29, 1.82) is 0 Å². The fraction of sp³-hybridized carbons (Fsp3) is 0.500. The number of rotatable bonds is 4. The summed E-state index contributed by atoms with van der Waals surface area (Å²) in [7, 11) is 0. The number of aromatic nitrogens is 1. The van der Waals surface area contributed by atoms with Gasteiger partial charge in [0, 0.05) is 30.0 Å². The van der Waals surface area contributed by atoms with E-state index >= 15 is 0 Å². The van der Waals surface area contributed by atoms with Gasteiger partial charge in [0.1, 0.15) is 5.69 Å². The maximum Gasteiger partial charge on any atom is 0.267 e. The summed E-state index contributed by atoms with van der Waals surface area (Å²) in [5.74, 6) is 0.0165. The molecular weight excluding hydrogens is 274 g/mol. The standard InChI is InChI=1S/C18H25N3O/c1-3-8-21-9-6-15(7-10-21)19-18(22)17-12-14-5-4-13(2)11-16(14)20-17/h4-5,11-12,15,20H,3,6-10H2,1-2H3,(H,19,22). The van der Waals surface area contributed by atoms with Crippen LogP contribution in [0.5, 0.6) is 0 Å². The third-order valence-corrected chi connectivity index (χ3v) is 4.49. The summed E-state index contributed by atoms with van der Waals surface area (Å²) in [4.78, 5) is 18.1. The van der Waals surface area contributed by atoms with Crippen molar-refractivity contribution in [3.05, 3.63) is 35.5 Å². The van der Waals surface area contributed by atoms with Gasteiger partial charge >= 0.3 is 0 Å². The van der Waals surface area contributed by atoms with Gasteiger partial charge in [-0.05, 0) is 50.4 Å². The minimum Gasteiger partial charge on any atom is -0.351 e. The van der Waals surface area contributed by atoms with Crippen LogP contribution >= 0.6 is 0 Å². The van der Waals surface area contributed by atoms with Gasteiger partial charge in [0.05, 0.1) is 0 Å². The van der Waals surface area contributed by atoms with Crippen LogP contribution < -0.4 is 5.32 Å². The summed E-state index contributed by atoms with van der Waals surface area (Å²) in [6.07, 6.45) is 3.29. The lowest BCUT2D eigenvalue weighted by Crippen LogP contribution is -2.44. The second-order valence-electron chi connectivity index (χ2n) is 6.36. The van der Waals surface area contributed by atoms with E-state index in [1.165, 1.54) is 18.5 Å². The molecule has 0 bridgehead atoms. The molecule has 2 heterocycles. The average molecular weight is 299 g/mol. The number of nitrogens with zero attached hydrogens (tertiary/aromatic N) is 1. The van der Waals surface area contributed by atoms with Crippen LogP contribution in [0.1, 0.15) is 42.2 Å². The van der Waals surface area contributed by atoms with Crippen LogP contribution in [0.2, 0.25) is 0 Å². The van der Waals surface area contributed by atoms with Gasteiger partial charge in [-0.2, -0.15) is 0 Å². The number of aromatic amines is 1. The van der Waals surface area contributed by atoms with E-state index in [-0.39, 0.29) is 5.91 Å². The SMILES string of the molecule is CCCN1CCC(NC(=O)c2cc3ccc(C)cc3[nH]2)CC1. The number of H-pyrrole nitrogens is 1. The first-order valence-electron chi connectivity index (χ1n) is 8.28. The van der Waals surface area contributed by atoms with Gasteiger partial charge in [-0.3, -0.25) is 4.79 Å². The van der Waals surface area contributed by atoms with Crippen LogP contribution in [0.4, 0.5) is 0 Å². The minimum atomic E-state index is 0.0165. The molecule has 4 heteroatoms. The van der Waals surface area contributed by atoms with Crippen LogP contribution in [0.25, 0.3) is 10.9 Å². The summed E-state index contributed by atoms with van der Waals surface area (Å²) < 4.78 is 0. The Bertz CT molecular complexity index is 653. The highest BCUT2D eigenvalue weighted by atomic mass is 16.1. The van der Waals surface area contributed by atoms with Crippen LogP contribution in [0.3, 0.4) is 0 Å². The highest BCUT2D eigenvalue weighted by molar-refractivity contribution is 5.98. The number of carbonyl (C=O) groups is 1. The summed E-state index contributed by atoms with van der Waals surface area (Å²) in [6, 6.07) is 8.45. The lowest BCUT2D eigenvalue weighted by atomic mass is 10.0. The summed E-state index contributed by atoms with van der Waals surface area (Å²) in [6.45, 7) is 7.62. The molecule has 1 amide bonds. The number of carbonyl (C=O) groups excluding carboxylic acids is 1. The fourth-order valence-electron chi connectivity index (χ4n) is 3.24. The maximum absolute atomic E-state index is 12.4. The third kappa shape index (κ3) is 3.33. The third-order valence-electron chi connectivity index (χ3n) is 4.49. The van der Waals surface area contributed by atoms with Crippen molar-refractivity contribution in [2.24, 2.45) is 0 Å². The van der Waals surface area contributed by atoms with E-state index in [0.29, 0.717) is 11.7 Å². The first-order valence-corrected chi connectivity index (χ1v) is 8.28. The molecular formula is C18H25N3O. The van der Waals surface area contributed by atoms with E-state index in [4.69, 9.17) is 0 Å². The maximum atomic E-state index is 12.4. The molecule has 2 N–H and O–H groups in total. The second kappa shape index (κ2) is 6.53. The zero-order valence-electron chi connectivity index (χ0n) is 13.5. The van der Waals surface area contributed by atoms with Gasteiger partial charge in [-0.15, -0.1) is 0 Å². The molecule has 2 aromatic rings. The Morgan fingerprint density at radius 2 is 2.09 bits per heavy atom. The topological polar surface area (TPSA) is 48.1 Å². The number of piperidine rings is 1. The number of likely N-dealkylation sites (tertiary alicyclic amines) is 1. The molecule has 3 rings (SSSR count). The van der Waals surface area contributed by atoms with Crippen molar-refractivity contribution in [1.82, 2.24) is 15.2 Å². The zero-order chi connectivity index (χ0) is 15.5. The Morgan fingerprint density at radius 3 is 2.82 bits per heavy atom. The first-order chi connectivity index (χ1) is 10.7. The molecule has 1 aromatic carbocycles. The van der Waals surface area contributed by atoms with Crippen molar-refractivity contribution >= 4 is 16.8 Å². The molecule has 0 radical (unpaired) electrons. The van der Waals surface area contributed by atoms with Crippen molar-refractivity contribution in [2.75, 3.05) is 19.6 Å². The quantitative estimate of drug-likeness (QED) is 0.911. The molecule has 1 aromatic heterocycles. The number of fused-ring (bicyclic) bond motifs is 1. The monoisotopic (exact) mass is 299 g/mol. The van der Waals surface area contributed by atoms with Crippen LogP contribution in [0, 0.1) is 6.92 Å². The van der Waals surface area contributed by atoms with Gasteiger partial charge in [-0.25, -0.2) is 0 Å². The molecule has 0 aliphatic carbocycles. The molecule has 0 atom stereocenters. The lowest BCUT2D eigenvalue weighted by Gasteiger charge is -2.31. The second-order valence-corrected chi connectivity index (χ2v) is 6.36. The summed E-state index contributed by atoms with van der Waals surface area (Å²) in [5, 5.41) is 4.27. The Hall–Kier alpha value is -1.81. The van der Waals surface area contributed by atoms with Crippen LogP contribution in [-0.2, 0) is 0 Å². The number of nitrogens with one attached hydrogen (secondary N) is 2. The molecule has 1 aliphatic rings. The predicted molar refractivity (Wildman–Crippen MR) is 90.3 cm³/mol. The van der Waals surface area contributed by atoms with E-state index in [0.717, 1.165) is 36.8 Å². The predicted octanol–water partition coefficient (Wildman–Crippen LogP) is 3.08. The van der Waals surface area contributed by atoms with Crippen molar-refractivity contribution in [2.45, 2.75) is 39.2 Å². The van der Waals surface area contributed by atoms with E-state index in [9.17, 15) is 4.79 Å². The van der Waals surface area contributed by atoms with Crippen molar-refractivity contribution in [3.63, 3.8) is 0 Å². The molecule has 0 spiro atoms. The molecule has 4 nitrogen and oxygen atoms in total. The van der Waals surface area contributed by atoms with Gasteiger partial charge in [0.2, 0.25) is 0 Å². The average Bonchev–Trinajstić information content (AvgIpc) is 2.92. The Kier molecular flexibility index (Phi) is 4.48. The number of hydrogen-bond acceptors (Lipinski definition) is 2. The fourth-order valence-corrected chi connectivity index (χ4v) is 3.24. The smallest absolute Gasteiger partial charge is 0.267 e. The molecule has 0 saturated carbocycles. The molecule has 22 heavy (non-hydrogen) atoms. The summed E-state index contributed by atoms with van der Waals surface area (Å²) >= 11 is 0. The number of hydrogen-bond donors (Lipinski definition) is 2. The molecule has 1 aliphatic heterocycles. The van der Waals surface area contributed by atoms with Gasteiger partial charge in [0.25, 0.3) is 5.91 Å².